The van der Waals surface area contributed by atoms with Crippen LogP contribution in [0, 0.1) is 5.92 Å². The first kappa shape index (κ1) is 17.7. The zero-order chi connectivity index (χ0) is 17.0. The number of hydrogen-bond acceptors (Lipinski definition) is 7. The third-order valence-corrected chi connectivity index (χ3v) is 4.63. The van der Waals surface area contributed by atoms with Gasteiger partial charge in [-0.05, 0) is 12.3 Å². The number of nitrogens with two attached hydrogens (primary N) is 2. The maximum Gasteiger partial charge on any atom is 0.191 e. The summed E-state index contributed by atoms with van der Waals surface area (Å²) in [7, 11) is 0. The molecule has 23 heavy (non-hydrogen) atoms. The molecule has 0 aromatic carbocycles. The van der Waals surface area contributed by atoms with Crippen molar-refractivity contribution in [3.8, 4) is 0 Å². The van der Waals surface area contributed by atoms with Crippen molar-refractivity contribution in [3.63, 3.8) is 0 Å². The molecule has 0 aliphatic heterocycles. The molecule has 2 aromatic heterocycles. The van der Waals surface area contributed by atoms with Gasteiger partial charge >= 0.3 is 0 Å². The Morgan fingerprint density at radius 3 is 2.74 bits per heavy atom. The lowest BCUT2D eigenvalue weighted by Gasteiger charge is -2.33. The summed E-state index contributed by atoms with van der Waals surface area (Å²) in [6.45, 7) is 3.97. The molecule has 2 aromatic rings. The lowest BCUT2D eigenvalue weighted by Crippen LogP contribution is -2.57. The van der Waals surface area contributed by atoms with Crippen LogP contribution in [0.5, 0.6) is 0 Å². The smallest absolute Gasteiger partial charge is 0.191 e. The number of Topliss-reactive ketones (excluding diaryl/α,β-unsaturated/α-hetero) is 1. The van der Waals surface area contributed by atoms with Gasteiger partial charge in [-0.25, -0.2) is 9.97 Å². The minimum atomic E-state index is -1.88. The highest BCUT2D eigenvalue weighted by Gasteiger charge is 2.48. The van der Waals surface area contributed by atoms with E-state index in [1.807, 2.05) is 13.8 Å². The topological polar surface area (TPSA) is 131 Å². The Hall–Kier alpha value is -1.61. The van der Waals surface area contributed by atoms with Gasteiger partial charge in [0.15, 0.2) is 11.4 Å². The van der Waals surface area contributed by atoms with Gasteiger partial charge in [-0.15, -0.1) is 11.3 Å². The van der Waals surface area contributed by atoms with Gasteiger partial charge in [0.1, 0.15) is 5.01 Å². The molecule has 0 fully saturated rings. The number of imidazole rings is 1. The Kier molecular flexibility index (Phi) is 5.64. The Labute approximate surface area is 139 Å². The molecule has 1 unspecified atom stereocenters. The van der Waals surface area contributed by atoms with E-state index in [9.17, 15) is 9.90 Å². The molecule has 6 N–H and O–H groups in total. The Morgan fingerprint density at radius 2 is 2.22 bits per heavy atom. The minimum Gasteiger partial charge on any atom is -0.374 e. The molecule has 0 bridgehead atoms. The van der Waals surface area contributed by atoms with Crippen LogP contribution in [0.15, 0.2) is 24.1 Å². The van der Waals surface area contributed by atoms with Gasteiger partial charge in [-0.2, -0.15) is 0 Å². The molecule has 2 heterocycles. The second-order valence-electron chi connectivity index (χ2n) is 6.09. The van der Waals surface area contributed by atoms with E-state index in [0.29, 0.717) is 6.42 Å². The lowest BCUT2D eigenvalue weighted by molar-refractivity contribution is -0.142. The van der Waals surface area contributed by atoms with E-state index in [2.05, 4.69) is 15.0 Å². The van der Waals surface area contributed by atoms with E-state index in [4.69, 9.17) is 11.5 Å². The van der Waals surface area contributed by atoms with Gasteiger partial charge < -0.3 is 21.6 Å². The third-order valence-electron chi connectivity index (χ3n) is 3.73. The minimum absolute atomic E-state index is 0.230. The van der Waals surface area contributed by atoms with Gasteiger partial charge in [-0.3, -0.25) is 4.79 Å². The maximum atomic E-state index is 12.9. The standard InChI is InChI=1S/C15H23N5O2S/c1-9(2)5-12(17)15(22,14-19-3-4-23-14)13(21)11(16)6-10-7-18-8-20-10/h3-4,7-9,11-12,22H,5-6,16-17H2,1-2H3,(H,18,20)/t11?,12-,15+/m0/s1. The van der Waals surface area contributed by atoms with E-state index in [1.165, 1.54) is 17.7 Å². The highest BCUT2D eigenvalue weighted by Crippen LogP contribution is 2.31. The highest BCUT2D eigenvalue weighted by atomic mass is 32.1. The van der Waals surface area contributed by atoms with Gasteiger partial charge in [0.05, 0.1) is 12.4 Å². The number of nitrogens with one attached hydrogen (secondary N) is 1. The molecule has 7 nitrogen and oxygen atoms in total. The van der Waals surface area contributed by atoms with Crippen LogP contribution in [0.4, 0.5) is 0 Å². The molecule has 0 spiro atoms. The van der Waals surface area contributed by atoms with E-state index >= 15 is 0 Å². The van der Waals surface area contributed by atoms with Crippen LogP contribution >= 0.6 is 11.3 Å². The first-order valence-corrected chi connectivity index (χ1v) is 8.38. The molecular weight excluding hydrogens is 314 g/mol. The molecule has 0 radical (unpaired) electrons. The van der Waals surface area contributed by atoms with Crippen LogP contribution < -0.4 is 11.5 Å². The van der Waals surface area contributed by atoms with E-state index < -0.39 is 23.5 Å². The molecule has 0 saturated carbocycles. The van der Waals surface area contributed by atoms with Gasteiger partial charge in [0.25, 0.3) is 0 Å². The summed E-state index contributed by atoms with van der Waals surface area (Å²) >= 11 is 1.20. The number of aliphatic hydroxyl groups is 1. The SMILES string of the molecule is CC(C)C[C@H](N)[C@@](O)(C(=O)C(N)Cc1cnc[nH]1)c1nccs1. The fraction of sp³-hybridized carbons (Fsp3) is 0.533. The van der Waals surface area contributed by atoms with Crippen molar-refractivity contribution in [2.24, 2.45) is 17.4 Å². The molecule has 0 saturated heterocycles. The lowest BCUT2D eigenvalue weighted by atomic mass is 9.82. The second kappa shape index (κ2) is 7.31. The number of hydrogen-bond donors (Lipinski definition) is 4. The number of aromatic nitrogens is 3. The summed E-state index contributed by atoms with van der Waals surface area (Å²) in [5.74, 6) is -0.289. The number of ketones is 1. The quantitative estimate of drug-likeness (QED) is 0.557. The summed E-state index contributed by atoms with van der Waals surface area (Å²) in [5, 5.41) is 13.1. The molecule has 2 rings (SSSR count). The summed E-state index contributed by atoms with van der Waals surface area (Å²) in [6.07, 6.45) is 5.40. The van der Waals surface area contributed by atoms with Crippen molar-refractivity contribution in [2.45, 2.75) is 44.4 Å². The monoisotopic (exact) mass is 337 g/mol. The van der Waals surface area contributed by atoms with Gasteiger partial charge in [0.2, 0.25) is 0 Å². The third kappa shape index (κ3) is 3.84. The van der Waals surface area contributed by atoms with Crippen LogP contribution in [-0.4, -0.2) is 37.9 Å². The number of nitrogens with zero attached hydrogens (tertiary/aromatic N) is 2. The maximum absolute atomic E-state index is 12.9. The fourth-order valence-corrected chi connectivity index (χ4v) is 3.35. The number of carbonyl (C=O) groups excluding carboxylic acids is 1. The first-order valence-electron chi connectivity index (χ1n) is 7.50. The van der Waals surface area contributed by atoms with Crippen LogP contribution in [-0.2, 0) is 16.8 Å². The first-order chi connectivity index (χ1) is 10.9. The van der Waals surface area contributed by atoms with Crippen LogP contribution in [0.1, 0.15) is 31.0 Å². The van der Waals surface area contributed by atoms with Crippen molar-refractivity contribution in [1.82, 2.24) is 15.0 Å². The number of carbonyl (C=O) groups is 1. The number of aromatic amines is 1. The number of rotatable bonds is 8. The summed E-state index contributed by atoms with van der Waals surface area (Å²) in [6, 6.07) is -1.67. The molecule has 3 atom stereocenters. The fourth-order valence-electron chi connectivity index (χ4n) is 2.55. The Bertz CT molecular complexity index is 614. The largest absolute Gasteiger partial charge is 0.374 e. The average Bonchev–Trinajstić information content (AvgIpc) is 3.17. The van der Waals surface area contributed by atoms with Crippen LogP contribution in [0.3, 0.4) is 0 Å². The molecular formula is C15H23N5O2S. The van der Waals surface area contributed by atoms with Crippen molar-refractivity contribution < 1.29 is 9.90 Å². The average molecular weight is 337 g/mol. The normalized spacial score (nSPS) is 17.0. The van der Waals surface area contributed by atoms with Crippen molar-refractivity contribution in [1.29, 1.82) is 0 Å². The van der Waals surface area contributed by atoms with E-state index in [1.54, 1.807) is 17.8 Å². The predicted octanol–water partition coefficient (Wildman–Crippen LogP) is 0.566. The van der Waals surface area contributed by atoms with Gasteiger partial charge in [-0.1, -0.05) is 13.8 Å². The van der Waals surface area contributed by atoms with Crippen molar-refractivity contribution in [3.05, 3.63) is 34.8 Å². The van der Waals surface area contributed by atoms with Crippen LogP contribution in [0.25, 0.3) is 0 Å². The second-order valence-corrected chi connectivity index (χ2v) is 6.99. The zero-order valence-electron chi connectivity index (χ0n) is 13.3. The number of H-pyrrole nitrogens is 1. The number of thiazole rings is 1. The summed E-state index contributed by atoms with van der Waals surface area (Å²) in [4.78, 5) is 23.8. The molecule has 0 aliphatic carbocycles. The molecule has 126 valence electrons. The van der Waals surface area contributed by atoms with E-state index in [0.717, 1.165) is 5.69 Å². The van der Waals surface area contributed by atoms with E-state index in [-0.39, 0.29) is 17.3 Å². The zero-order valence-corrected chi connectivity index (χ0v) is 14.1. The molecule has 8 heteroatoms. The van der Waals surface area contributed by atoms with Crippen molar-refractivity contribution >= 4 is 17.1 Å². The predicted molar refractivity (Wildman–Crippen MR) is 88.7 cm³/mol. The highest BCUT2D eigenvalue weighted by molar-refractivity contribution is 7.09. The van der Waals surface area contributed by atoms with Gasteiger partial charge in [0, 0.05) is 35.9 Å². The van der Waals surface area contributed by atoms with Crippen molar-refractivity contribution in [2.75, 3.05) is 0 Å². The molecule has 0 aliphatic rings. The Morgan fingerprint density at radius 1 is 1.48 bits per heavy atom. The summed E-state index contributed by atoms with van der Waals surface area (Å²) < 4.78 is 0. The van der Waals surface area contributed by atoms with Crippen LogP contribution in [0.2, 0.25) is 0 Å². The summed E-state index contributed by atoms with van der Waals surface area (Å²) in [5.41, 5.74) is 11.1. The molecule has 0 amide bonds. The Balaban J connectivity index is 2.27.